The van der Waals surface area contributed by atoms with Gasteiger partial charge in [-0.15, -0.1) is 0 Å². The van der Waals surface area contributed by atoms with Crippen molar-refractivity contribution < 1.29 is 9.53 Å². The zero-order valence-electron chi connectivity index (χ0n) is 14.4. The standard InChI is InChI=1S/C19H26N2O2S/c1-14-4-5-16(20-7-2-3-8-20)15(12-14)19(22)21-9-11-24-18-13-23-10-6-17(18)21/h4-5,12,17-18H,2-3,6-11,13H2,1H3. The molecule has 0 aromatic heterocycles. The minimum Gasteiger partial charge on any atom is -0.380 e. The molecule has 1 aromatic rings. The number of carbonyl (C=O) groups is 1. The maximum absolute atomic E-state index is 13.4. The molecule has 0 N–H and O–H groups in total. The van der Waals surface area contributed by atoms with Gasteiger partial charge in [-0.2, -0.15) is 11.8 Å². The molecule has 2 atom stereocenters. The predicted molar refractivity (Wildman–Crippen MR) is 99.1 cm³/mol. The van der Waals surface area contributed by atoms with Crippen LogP contribution in [0.4, 0.5) is 5.69 Å². The maximum Gasteiger partial charge on any atom is 0.256 e. The fourth-order valence-electron chi connectivity index (χ4n) is 4.15. The van der Waals surface area contributed by atoms with E-state index in [-0.39, 0.29) is 5.91 Å². The molecule has 3 saturated heterocycles. The molecule has 3 heterocycles. The van der Waals surface area contributed by atoms with Crippen LogP contribution in [-0.2, 0) is 4.74 Å². The highest BCUT2D eigenvalue weighted by molar-refractivity contribution is 8.00. The van der Waals surface area contributed by atoms with Crippen LogP contribution in [0.25, 0.3) is 0 Å². The van der Waals surface area contributed by atoms with E-state index < -0.39 is 0 Å². The highest BCUT2D eigenvalue weighted by Crippen LogP contribution is 2.33. The van der Waals surface area contributed by atoms with Crippen LogP contribution in [-0.4, -0.2) is 60.7 Å². The van der Waals surface area contributed by atoms with Gasteiger partial charge in [0, 0.05) is 49.0 Å². The van der Waals surface area contributed by atoms with Crippen molar-refractivity contribution in [2.75, 3.05) is 43.5 Å². The fraction of sp³-hybridized carbons (Fsp3) is 0.632. The largest absolute Gasteiger partial charge is 0.380 e. The topological polar surface area (TPSA) is 32.8 Å². The molecule has 0 bridgehead atoms. The van der Waals surface area contributed by atoms with Crippen molar-refractivity contribution in [2.45, 2.75) is 37.5 Å². The molecule has 0 saturated carbocycles. The number of hydrogen-bond acceptors (Lipinski definition) is 4. The summed E-state index contributed by atoms with van der Waals surface area (Å²) in [6.45, 7) is 6.63. The molecule has 2 unspecified atom stereocenters. The molecule has 3 fully saturated rings. The molecule has 3 aliphatic rings. The van der Waals surface area contributed by atoms with Crippen LogP contribution in [0.5, 0.6) is 0 Å². The SMILES string of the molecule is Cc1ccc(N2CCCC2)c(C(=O)N2CCSC3COCCC32)c1. The summed E-state index contributed by atoms with van der Waals surface area (Å²) in [6.07, 6.45) is 3.42. The molecular formula is C19H26N2O2S. The van der Waals surface area contributed by atoms with Crippen LogP contribution in [0.2, 0.25) is 0 Å². The van der Waals surface area contributed by atoms with Crippen molar-refractivity contribution in [3.05, 3.63) is 29.3 Å². The van der Waals surface area contributed by atoms with E-state index in [2.05, 4.69) is 34.9 Å². The lowest BCUT2D eigenvalue weighted by Gasteiger charge is -2.43. The number of carbonyl (C=O) groups excluding carboxylic acids is 1. The third-order valence-electron chi connectivity index (χ3n) is 5.42. The summed E-state index contributed by atoms with van der Waals surface area (Å²) in [6, 6.07) is 6.70. The number of ether oxygens (including phenoxy) is 1. The van der Waals surface area contributed by atoms with Crippen molar-refractivity contribution in [3.63, 3.8) is 0 Å². The van der Waals surface area contributed by atoms with Crippen LogP contribution < -0.4 is 4.90 Å². The van der Waals surface area contributed by atoms with Gasteiger partial charge in [0.25, 0.3) is 5.91 Å². The summed E-state index contributed by atoms with van der Waals surface area (Å²) in [7, 11) is 0. The number of thioether (sulfide) groups is 1. The molecule has 0 spiro atoms. The van der Waals surface area contributed by atoms with Gasteiger partial charge in [0.05, 0.1) is 12.2 Å². The Morgan fingerprint density at radius 2 is 2.08 bits per heavy atom. The number of hydrogen-bond donors (Lipinski definition) is 0. The maximum atomic E-state index is 13.4. The Kier molecular flexibility index (Phi) is 4.72. The van der Waals surface area contributed by atoms with E-state index >= 15 is 0 Å². The highest BCUT2D eigenvalue weighted by Gasteiger charge is 2.38. The summed E-state index contributed by atoms with van der Waals surface area (Å²) in [5, 5.41) is 0.441. The van der Waals surface area contributed by atoms with Gasteiger partial charge in [-0.1, -0.05) is 11.6 Å². The normalized spacial score (nSPS) is 27.2. The molecule has 5 heteroatoms. The van der Waals surface area contributed by atoms with Crippen molar-refractivity contribution in [3.8, 4) is 0 Å². The van der Waals surface area contributed by atoms with Gasteiger partial charge in [-0.05, 0) is 38.3 Å². The zero-order chi connectivity index (χ0) is 16.5. The average molecular weight is 346 g/mol. The molecule has 130 valence electrons. The van der Waals surface area contributed by atoms with Gasteiger partial charge in [0.15, 0.2) is 0 Å². The lowest BCUT2D eigenvalue weighted by molar-refractivity contribution is 0.0319. The fourth-order valence-corrected chi connectivity index (χ4v) is 5.45. The Morgan fingerprint density at radius 1 is 1.25 bits per heavy atom. The molecule has 3 aliphatic heterocycles. The Bertz CT molecular complexity index is 613. The molecule has 1 amide bonds. The van der Waals surface area contributed by atoms with Crippen LogP contribution in [0.1, 0.15) is 35.2 Å². The molecule has 1 aromatic carbocycles. The van der Waals surface area contributed by atoms with Gasteiger partial charge < -0.3 is 14.5 Å². The molecule has 0 aliphatic carbocycles. The van der Waals surface area contributed by atoms with E-state index in [0.29, 0.717) is 11.3 Å². The second kappa shape index (κ2) is 6.96. The van der Waals surface area contributed by atoms with Crippen LogP contribution in [0.15, 0.2) is 18.2 Å². The van der Waals surface area contributed by atoms with E-state index in [1.165, 1.54) is 12.8 Å². The Morgan fingerprint density at radius 3 is 2.92 bits per heavy atom. The summed E-state index contributed by atoms with van der Waals surface area (Å²) in [5.74, 6) is 1.24. The number of fused-ring (bicyclic) bond motifs is 1. The Balaban J connectivity index is 1.64. The van der Waals surface area contributed by atoms with Gasteiger partial charge >= 0.3 is 0 Å². The number of benzene rings is 1. The van der Waals surface area contributed by atoms with Gasteiger partial charge in [-0.3, -0.25) is 4.79 Å². The minimum absolute atomic E-state index is 0.220. The molecule has 0 radical (unpaired) electrons. The first-order valence-corrected chi connectivity index (χ1v) is 10.1. The zero-order valence-corrected chi connectivity index (χ0v) is 15.2. The van der Waals surface area contributed by atoms with Crippen molar-refractivity contribution in [1.82, 2.24) is 4.90 Å². The van der Waals surface area contributed by atoms with E-state index in [0.717, 1.165) is 61.8 Å². The van der Waals surface area contributed by atoms with Crippen molar-refractivity contribution in [1.29, 1.82) is 0 Å². The van der Waals surface area contributed by atoms with Gasteiger partial charge in [-0.25, -0.2) is 0 Å². The Hall–Kier alpha value is -1.20. The third-order valence-corrected chi connectivity index (χ3v) is 6.72. The lowest BCUT2D eigenvalue weighted by atomic mass is 10.0. The highest BCUT2D eigenvalue weighted by atomic mass is 32.2. The number of aryl methyl sites for hydroxylation is 1. The monoisotopic (exact) mass is 346 g/mol. The summed E-state index contributed by atoms with van der Waals surface area (Å²) >= 11 is 1.97. The van der Waals surface area contributed by atoms with Crippen LogP contribution in [0.3, 0.4) is 0 Å². The summed E-state index contributed by atoms with van der Waals surface area (Å²) in [5.41, 5.74) is 3.19. The predicted octanol–water partition coefficient (Wildman–Crippen LogP) is 2.94. The summed E-state index contributed by atoms with van der Waals surface area (Å²) in [4.78, 5) is 18.0. The molecular weight excluding hydrogens is 320 g/mol. The first kappa shape index (κ1) is 16.3. The van der Waals surface area contributed by atoms with Crippen LogP contribution >= 0.6 is 11.8 Å². The van der Waals surface area contributed by atoms with E-state index in [4.69, 9.17) is 4.74 Å². The second-order valence-electron chi connectivity index (χ2n) is 7.05. The van der Waals surface area contributed by atoms with E-state index in [9.17, 15) is 4.79 Å². The third kappa shape index (κ3) is 3.04. The second-order valence-corrected chi connectivity index (χ2v) is 8.40. The quantitative estimate of drug-likeness (QED) is 0.824. The smallest absolute Gasteiger partial charge is 0.256 e. The molecule has 24 heavy (non-hydrogen) atoms. The van der Waals surface area contributed by atoms with Crippen molar-refractivity contribution in [2.24, 2.45) is 0 Å². The van der Waals surface area contributed by atoms with Crippen molar-refractivity contribution >= 4 is 23.4 Å². The van der Waals surface area contributed by atoms with Gasteiger partial charge in [0.1, 0.15) is 0 Å². The number of nitrogens with zero attached hydrogens (tertiary/aromatic N) is 2. The van der Waals surface area contributed by atoms with E-state index in [1.54, 1.807) is 0 Å². The average Bonchev–Trinajstić information content (AvgIpc) is 3.15. The minimum atomic E-state index is 0.220. The first-order valence-electron chi connectivity index (χ1n) is 9.10. The van der Waals surface area contributed by atoms with Gasteiger partial charge in [0.2, 0.25) is 0 Å². The number of anilines is 1. The lowest BCUT2D eigenvalue weighted by Crippen LogP contribution is -2.54. The summed E-state index contributed by atoms with van der Waals surface area (Å²) < 4.78 is 5.63. The molecule has 4 rings (SSSR count). The number of rotatable bonds is 2. The van der Waals surface area contributed by atoms with Crippen LogP contribution in [0, 0.1) is 6.92 Å². The van der Waals surface area contributed by atoms with E-state index in [1.807, 2.05) is 11.8 Å². The number of amides is 1. The Labute approximate surface area is 148 Å². The molecule has 4 nitrogen and oxygen atoms in total. The first-order chi connectivity index (χ1) is 11.7.